The Morgan fingerprint density at radius 2 is 1.59 bits per heavy atom. The first-order valence-corrected chi connectivity index (χ1v) is 12.5. The van der Waals surface area contributed by atoms with Crippen LogP contribution in [0, 0.1) is 5.41 Å². The zero-order valence-electron chi connectivity index (χ0n) is 19.3. The molecule has 1 unspecified atom stereocenters. The first kappa shape index (κ1) is 21.7. The van der Waals surface area contributed by atoms with Crippen molar-refractivity contribution in [1.29, 1.82) is 0 Å². The number of imide groups is 2. The van der Waals surface area contributed by atoms with Crippen molar-refractivity contribution < 1.29 is 19.2 Å². The highest BCUT2D eigenvalue weighted by Gasteiger charge is 2.47. The topological polar surface area (TPSA) is 102 Å². The first-order valence-electron chi connectivity index (χ1n) is 12.5. The monoisotopic (exact) mass is 465 g/mol. The van der Waals surface area contributed by atoms with Crippen molar-refractivity contribution in [3.8, 4) is 0 Å². The van der Waals surface area contributed by atoms with Gasteiger partial charge in [0.05, 0.1) is 11.1 Å². The van der Waals surface area contributed by atoms with Crippen LogP contribution in [0.3, 0.4) is 0 Å². The minimum absolute atomic E-state index is 0.123. The quantitative estimate of drug-likeness (QED) is 0.635. The lowest BCUT2D eigenvalue weighted by molar-refractivity contribution is -0.136. The number of benzene rings is 1. The van der Waals surface area contributed by atoms with Gasteiger partial charge in [-0.15, -0.1) is 0 Å². The molecule has 1 saturated carbocycles. The van der Waals surface area contributed by atoms with Gasteiger partial charge in [-0.25, -0.2) is 0 Å². The summed E-state index contributed by atoms with van der Waals surface area (Å²) in [4.78, 5) is 55.7. The molecule has 1 aromatic rings. The number of hydrogen-bond donors (Lipinski definition) is 2. The van der Waals surface area contributed by atoms with Crippen LogP contribution in [0.4, 0.5) is 5.69 Å². The van der Waals surface area contributed by atoms with Crippen LogP contribution in [-0.4, -0.2) is 84.8 Å². The van der Waals surface area contributed by atoms with E-state index in [9.17, 15) is 19.2 Å². The molecule has 1 aliphatic carbocycles. The van der Waals surface area contributed by atoms with Crippen molar-refractivity contribution in [2.24, 2.45) is 5.41 Å². The molecule has 0 radical (unpaired) electrons. The molecule has 5 aliphatic rings. The van der Waals surface area contributed by atoms with Crippen molar-refractivity contribution in [3.63, 3.8) is 0 Å². The van der Waals surface area contributed by atoms with Crippen LogP contribution in [-0.2, 0) is 9.59 Å². The predicted octanol–water partition coefficient (Wildman–Crippen LogP) is 0.742. The van der Waals surface area contributed by atoms with Gasteiger partial charge in [-0.2, -0.15) is 0 Å². The largest absolute Gasteiger partial charge is 0.369 e. The maximum Gasteiger partial charge on any atom is 0.262 e. The fourth-order valence-electron chi connectivity index (χ4n) is 6.56. The molecule has 4 heterocycles. The number of nitrogens with one attached hydrogen (secondary N) is 2. The minimum atomic E-state index is -0.928. The Balaban J connectivity index is 1.10. The van der Waals surface area contributed by atoms with E-state index in [1.54, 1.807) is 12.1 Å². The number of amides is 4. The standard InChI is InChI=1S/C25H31N5O4/c31-21-4-3-20(22(32)27-21)30-23(33)18-2-1-16(13-19(18)24(30)34)28-9-11-29(12-10-28)17-14-25(15-17)5-7-26-8-6-25/h1-2,13,17,20,26H,3-12,14-15H2,(H,27,31,32). The Bertz CT molecular complexity index is 1050. The molecule has 9 heteroatoms. The van der Waals surface area contributed by atoms with Crippen molar-refractivity contribution in [3.05, 3.63) is 29.3 Å². The van der Waals surface area contributed by atoms with Gasteiger partial charge >= 0.3 is 0 Å². The van der Waals surface area contributed by atoms with Gasteiger partial charge in [0.25, 0.3) is 11.8 Å². The first-order chi connectivity index (χ1) is 16.4. The van der Waals surface area contributed by atoms with Crippen molar-refractivity contribution >= 4 is 29.3 Å². The van der Waals surface area contributed by atoms with Crippen LogP contribution in [0.2, 0.25) is 0 Å². The molecule has 0 aromatic heterocycles. The Labute approximate surface area is 198 Å². The molecule has 4 amide bonds. The molecule has 2 N–H and O–H groups in total. The van der Waals surface area contributed by atoms with Crippen LogP contribution < -0.4 is 15.5 Å². The molecule has 1 spiro atoms. The SMILES string of the molecule is O=C1CCC(N2C(=O)c3ccc(N4CCN(C5CC6(CCNCC6)C5)CC4)cc3C2=O)C(=O)N1. The lowest BCUT2D eigenvalue weighted by Crippen LogP contribution is -2.58. The lowest BCUT2D eigenvalue weighted by Gasteiger charge is -2.55. The molecular weight excluding hydrogens is 434 g/mol. The van der Waals surface area contributed by atoms with Gasteiger partial charge in [0.2, 0.25) is 11.8 Å². The number of rotatable bonds is 3. The highest BCUT2D eigenvalue weighted by atomic mass is 16.2. The second-order valence-corrected chi connectivity index (χ2v) is 10.5. The van der Waals surface area contributed by atoms with Crippen molar-refractivity contribution in [2.45, 2.75) is 50.6 Å². The normalized spacial score (nSPS) is 27.7. The van der Waals surface area contributed by atoms with Crippen LogP contribution in [0.15, 0.2) is 18.2 Å². The predicted molar refractivity (Wildman–Crippen MR) is 124 cm³/mol. The molecule has 6 rings (SSSR count). The van der Waals surface area contributed by atoms with E-state index in [0.29, 0.717) is 22.6 Å². The molecule has 4 aliphatic heterocycles. The number of hydrogen-bond acceptors (Lipinski definition) is 7. The van der Waals surface area contributed by atoms with E-state index in [1.165, 1.54) is 25.7 Å². The molecule has 180 valence electrons. The molecule has 0 bridgehead atoms. The summed E-state index contributed by atoms with van der Waals surface area (Å²) in [6.07, 6.45) is 5.55. The van der Waals surface area contributed by atoms with E-state index in [4.69, 9.17) is 0 Å². The number of anilines is 1. The van der Waals surface area contributed by atoms with Crippen molar-refractivity contribution in [1.82, 2.24) is 20.4 Å². The van der Waals surface area contributed by atoms with Crippen LogP contribution in [0.5, 0.6) is 0 Å². The number of carbonyl (C=O) groups excluding carboxylic acids is 4. The van der Waals surface area contributed by atoms with E-state index in [1.807, 2.05) is 6.07 Å². The second kappa shape index (κ2) is 8.16. The third-order valence-electron chi connectivity index (χ3n) is 8.62. The van der Waals surface area contributed by atoms with E-state index in [-0.39, 0.29) is 18.7 Å². The van der Waals surface area contributed by atoms with Gasteiger partial charge in [-0.3, -0.25) is 34.3 Å². The van der Waals surface area contributed by atoms with Gasteiger partial charge in [0, 0.05) is 44.3 Å². The Morgan fingerprint density at radius 1 is 0.882 bits per heavy atom. The maximum absolute atomic E-state index is 13.1. The summed E-state index contributed by atoms with van der Waals surface area (Å²) in [5, 5.41) is 5.71. The van der Waals surface area contributed by atoms with Crippen molar-refractivity contribution in [2.75, 3.05) is 44.2 Å². The zero-order chi connectivity index (χ0) is 23.4. The number of piperidine rings is 2. The van der Waals surface area contributed by atoms with Gasteiger partial charge < -0.3 is 10.2 Å². The van der Waals surface area contributed by atoms with Gasteiger partial charge in [-0.1, -0.05) is 0 Å². The summed E-state index contributed by atoms with van der Waals surface area (Å²) < 4.78 is 0. The van der Waals surface area contributed by atoms with E-state index >= 15 is 0 Å². The van der Waals surface area contributed by atoms with Gasteiger partial charge in [0.15, 0.2) is 0 Å². The Kier molecular flexibility index (Phi) is 5.22. The number of carbonyl (C=O) groups is 4. The van der Waals surface area contributed by atoms with Crippen LogP contribution in [0.25, 0.3) is 0 Å². The average Bonchev–Trinajstić information content (AvgIpc) is 3.08. The molecular formula is C25H31N5O4. The molecule has 34 heavy (non-hydrogen) atoms. The lowest BCUT2D eigenvalue weighted by atomic mass is 9.60. The molecule has 4 fully saturated rings. The summed E-state index contributed by atoms with van der Waals surface area (Å²) in [5.41, 5.74) is 2.20. The van der Waals surface area contributed by atoms with Gasteiger partial charge in [0.1, 0.15) is 6.04 Å². The number of piperazine rings is 1. The summed E-state index contributed by atoms with van der Waals surface area (Å²) in [7, 11) is 0. The number of nitrogens with zero attached hydrogens (tertiary/aromatic N) is 3. The third kappa shape index (κ3) is 3.53. The fourth-order valence-corrected chi connectivity index (χ4v) is 6.56. The highest BCUT2D eigenvalue weighted by molar-refractivity contribution is 6.23. The molecule has 3 saturated heterocycles. The maximum atomic E-state index is 13.1. The van der Waals surface area contributed by atoms with E-state index < -0.39 is 23.8 Å². The smallest absolute Gasteiger partial charge is 0.262 e. The highest BCUT2D eigenvalue weighted by Crippen LogP contribution is 2.50. The number of fused-ring (bicyclic) bond motifs is 1. The molecule has 9 nitrogen and oxygen atoms in total. The van der Waals surface area contributed by atoms with Crippen LogP contribution >= 0.6 is 0 Å². The zero-order valence-corrected chi connectivity index (χ0v) is 19.3. The third-order valence-corrected chi connectivity index (χ3v) is 8.62. The molecule has 1 aromatic carbocycles. The second-order valence-electron chi connectivity index (χ2n) is 10.5. The summed E-state index contributed by atoms with van der Waals surface area (Å²) in [6, 6.07) is 5.17. The van der Waals surface area contributed by atoms with Gasteiger partial charge in [-0.05, 0) is 68.8 Å². The average molecular weight is 466 g/mol. The fraction of sp³-hybridized carbons (Fsp3) is 0.600. The Hall–Kier alpha value is -2.78. The summed E-state index contributed by atoms with van der Waals surface area (Å²) in [6.45, 7) is 6.10. The molecule has 1 atom stereocenters. The van der Waals surface area contributed by atoms with E-state index in [2.05, 4.69) is 20.4 Å². The Morgan fingerprint density at radius 3 is 2.29 bits per heavy atom. The minimum Gasteiger partial charge on any atom is -0.369 e. The summed E-state index contributed by atoms with van der Waals surface area (Å²) >= 11 is 0. The van der Waals surface area contributed by atoms with E-state index in [0.717, 1.165) is 49.9 Å². The van der Waals surface area contributed by atoms with Crippen LogP contribution in [0.1, 0.15) is 59.2 Å². The summed E-state index contributed by atoms with van der Waals surface area (Å²) in [5.74, 6) is -1.85.